The molecule has 1 aliphatic rings. The first kappa shape index (κ1) is 20.7. The van der Waals surface area contributed by atoms with Crippen molar-refractivity contribution in [1.29, 1.82) is 0 Å². The molecule has 152 valence electrons. The van der Waals surface area contributed by atoms with Gasteiger partial charge >= 0.3 is 12.4 Å². The molecule has 1 unspecified atom stereocenters. The van der Waals surface area contributed by atoms with Crippen LogP contribution in [-0.4, -0.2) is 6.61 Å². The predicted molar refractivity (Wildman–Crippen MR) is 92.8 cm³/mol. The van der Waals surface area contributed by atoms with Gasteiger partial charge in [0.05, 0.1) is 23.8 Å². The van der Waals surface area contributed by atoms with Crippen molar-refractivity contribution in [2.24, 2.45) is 0 Å². The van der Waals surface area contributed by atoms with Gasteiger partial charge in [0.25, 0.3) is 0 Å². The van der Waals surface area contributed by atoms with Crippen LogP contribution < -0.4 is 0 Å². The van der Waals surface area contributed by atoms with E-state index in [1.54, 1.807) is 0 Å². The maximum atomic E-state index is 13.1. The monoisotopic (exact) mass is 402 g/mol. The van der Waals surface area contributed by atoms with Gasteiger partial charge in [0.2, 0.25) is 0 Å². The summed E-state index contributed by atoms with van der Waals surface area (Å²) in [5.41, 5.74) is -1.94. The lowest BCUT2D eigenvalue weighted by molar-refractivity contribution is -0.143. The Hall–Kier alpha value is -2.02. The number of hydrogen-bond acceptors (Lipinski definition) is 1. The number of alkyl halides is 6. The first-order valence-corrected chi connectivity index (χ1v) is 8.98. The molecule has 0 aromatic heterocycles. The molecule has 1 fully saturated rings. The van der Waals surface area contributed by atoms with Gasteiger partial charge in [0.15, 0.2) is 0 Å². The van der Waals surface area contributed by atoms with Gasteiger partial charge in [0, 0.05) is 5.41 Å². The van der Waals surface area contributed by atoms with E-state index in [4.69, 9.17) is 4.74 Å². The number of benzene rings is 2. The molecule has 0 saturated heterocycles. The predicted octanol–water partition coefficient (Wildman–Crippen LogP) is 6.92. The first-order valence-electron chi connectivity index (χ1n) is 8.98. The summed E-state index contributed by atoms with van der Waals surface area (Å²) in [6, 6.07) is 11.2. The fourth-order valence-electron chi connectivity index (χ4n) is 3.51. The van der Waals surface area contributed by atoms with Crippen LogP contribution in [0.25, 0.3) is 0 Å². The number of ether oxygens (including phenoxy) is 1. The fourth-order valence-corrected chi connectivity index (χ4v) is 3.51. The minimum atomic E-state index is -4.87. The van der Waals surface area contributed by atoms with E-state index in [1.165, 1.54) is 6.92 Å². The Morgan fingerprint density at radius 2 is 1.43 bits per heavy atom. The standard InChI is InChI=1S/C21H20F6O/c1-14(28-13-19(8-5-9-19)16-6-3-2-4-7-16)15-10-17(20(22,23)24)12-18(11-15)21(25,26)27/h2-4,6-7,10-12,14H,5,8-9,13H2,1H3. The van der Waals surface area contributed by atoms with E-state index in [-0.39, 0.29) is 23.7 Å². The third kappa shape index (κ3) is 4.35. The van der Waals surface area contributed by atoms with Crippen LogP contribution in [0.5, 0.6) is 0 Å². The van der Waals surface area contributed by atoms with Crippen LogP contribution in [0, 0.1) is 0 Å². The van der Waals surface area contributed by atoms with Gasteiger partial charge in [-0.1, -0.05) is 36.8 Å². The van der Waals surface area contributed by atoms with Crippen LogP contribution in [0.2, 0.25) is 0 Å². The highest BCUT2D eigenvalue weighted by atomic mass is 19.4. The van der Waals surface area contributed by atoms with Gasteiger partial charge in [-0.2, -0.15) is 26.3 Å². The second-order valence-electron chi connectivity index (χ2n) is 7.29. The van der Waals surface area contributed by atoms with Crippen LogP contribution >= 0.6 is 0 Å². The summed E-state index contributed by atoms with van der Waals surface area (Å²) in [6.45, 7) is 1.72. The van der Waals surface area contributed by atoms with Crippen molar-refractivity contribution >= 4 is 0 Å². The minimum absolute atomic E-state index is 0.133. The molecule has 3 rings (SSSR count). The summed E-state index contributed by atoms with van der Waals surface area (Å²) >= 11 is 0. The largest absolute Gasteiger partial charge is 0.416 e. The number of hydrogen-bond donors (Lipinski definition) is 0. The summed E-state index contributed by atoms with van der Waals surface area (Å²) in [6.07, 6.45) is -7.87. The third-order valence-corrected chi connectivity index (χ3v) is 5.39. The molecule has 1 saturated carbocycles. The van der Waals surface area contributed by atoms with Gasteiger partial charge in [-0.3, -0.25) is 0 Å². The molecular formula is C21H20F6O. The Morgan fingerprint density at radius 1 is 0.893 bits per heavy atom. The van der Waals surface area contributed by atoms with Crippen molar-refractivity contribution in [2.45, 2.75) is 50.1 Å². The van der Waals surface area contributed by atoms with E-state index in [0.29, 0.717) is 0 Å². The molecule has 1 aliphatic carbocycles. The first-order chi connectivity index (χ1) is 13.0. The highest BCUT2D eigenvalue weighted by molar-refractivity contribution is 5.35. The molecule has 1 atom stereocenters. The molecule has 0 aliphatic heterocycles. The van der Waals surface area contributed by atoms with Crippen LogP contribution in [0.3, 0.4) is 0 Å². The van der Waals surface area contributed by atoms with Gasteiger partial charge in [-0.25, -0.2) is 0 Å². The summed E-state index contributed by atoms with van der Waals surface area (Å²) in [4.78, 5) is 0. The van der Waals surface area contributed by atoms with E-state index in [0.717, 1.165) is 37.0 Å². The molecule has 1 nitrogen and oxygen atoms in total. The smallest absolute Gasteiger partial charge is 0.373 e. The van der Waals surface area contributed by atoms with Crippen molar-refractivity contribution < 1.29 is 31.1 Å². The summed E-state index contributed by atoms with van der Waals surface area (Å²) < 4.78 is 84.1. The average Bonchev–Trinajstić information content (AvgIpc) is 2.59. The Bertz CT molecular complexity index is 774. The highest BCUT2D eigenvalue weighted by Gasteiger charge is 2.40. The lowest BCUT2D eigenvalue weighted by Crippen LogP contribution is -2.39. The molecule has 0 radical (unpaired) electrons. The lowest BCUT2D eigenvalue weighted by atomic mass is 9.65. The maximum absolute atomic E-state index is 13.1. The number of rotatable bonds is 5. The van der Waals surface area contributed by atoms with E-state index in [2.05, 4.69) is 0 Å². The zero-order valence-electron chi connectivity index (χ0n) is 15.2. The van der Waals surface area contributed by atoms with Crippen molar-refractivity contribution in [1.82, 2.24) is 0 Å². The highest BCUT2D eigenvalue weighted by Crippen LogP contribution is 2.45. The van der Waals surface area contributed by atoms with Crippen molar-refractivity contribution in [3.8, 4) is 0 Å². The van der Waals surface area contributed by atoms with Crippen molar-refractivity contribution in [3.63, 3.8) is 0 Å². The molecular weight excluding hydrogens is 382 g/mol. The van der Waals surface area contributed by atoms with Gasteiger partial charge in [-0.15, -0.1) is 0 Å². The van der Waals surface area contributed by atoms with Crippen LogP contribution in [-0.2, 0) is 22.5 Å². The van der Waals surface area contributed by atoms with Gasteiger partial charge in [-0.05, 0) is 49.1 Å². The zero-order chi connectivity index (χ0) is 20.6. The normalized spacial score (nSPS) is 17.8. The summed E-state index contributed by atoms with van der Waals surface area (Å²) in [7, 11) is 0. The number of halogens is 6. The van der Waals surface area contributed by atoms with Gasteiger partial charge in [0.1, 0.15) is 0 Å². The lowest BCUT2D eigenvalue weighted by Gasteiger charge is -2.43. The SMILES string of the molecule is CC(OCC1(c2ccccc2)CCC1)c1cc(C(F)(F)F)cc(C(F)(F)F)c1. The molecule has 0 N–H and O–H groups in total. The second-order valence-corrected chi connectivity index (χ2v) is 7.29. The van der Waals surface area contributed by atoms with E-state index < -0.39 is 29.6 Å². The Morgan fingerprint density at radius 3 is 1.86 bits per heavy atom. The van der Waals surface area contributed by atoms with Crippen LogP contribution in [0.1, 0.15) is 54.5 Å². The van der Waals surface area contributed by atoms with E-state index in [1.807, 2.05) is 30.3 Å². The quantitative estimate of drug-likeness (QED) is 0.493. The average molecular weight is 402 g/mol. The van der Waals surface area contributed by atoms with E-state index in [9.17, 15) is 26.3 Å². The van der Waals surface area contributed by atoms with Gasteiger partial charge < -0.3 is 4.74 Å². The molecule has 0 bridgehead atoms. The van der Waals surface area contributed by atoms with E-state index >= 15 is 0 Å². The van der Waals surface area contributed by atoms with Crippen molar-refractivity contribution in [3.05, 3.63) is 70.8 Å². The van der Waals surface area contributed by atoms with Crippen molar-refractivity contribution in [2.75, 3.05) is 6.61 Å². The van der Waals surface area contributed by atoms with Crippen LogP contribution in [0.4, 0.5) is 26.3 Å². The third-order valence-electron chi connectivity index (χ3n) is 5.39. The van der Waals surface area contributed by atoms with Crippen LogP contribution in [0.15, 0.2) is 48.5 Å². The fraction of sp³-hybridized carbons (Fsp3) is 0.429. The Balaban J connectivity index is 1.83. The topological polar surface area (TPSA) is 9.23 Å². The summed E-state index contributed by atoms with van der Waals surface area (Å²) in [5.74, 6) is 0. The Kier molecular flexibility index (Phi) is 5.49. The Labute approximate surface area is 159 Å². The molecule has 2 aromatic carbocycles. The summed E-state index contributed by atoms with van der Waals surface area (Å²) in [5, 5.41) is 0. The molecule has 2 aromatic rings. The molecule has 28 heavy (non-hydrogen) atoms. The molecule has 0 amide bonds. The molecule has 7 heteroatoms. The molecule has 0 spiro atoms. The minimum Gasteiger partial charge on any atom is -0.373 e. The zero-order valence-corrected chi connectivity index (χ0v) is 15.2. The maximum Gasteiger partial charge on any atom is 0.416 e. The second kappa shape index (κ2) is 7.43. The molecule has 0 heterocycles.